The van der Waals surface area contributed by atoms with Crippen LogP contribution in [0.2, 0.25) is 0 Å². The quantitative estimate of drug-likeness (QED) is 0.856. The highest BCUT2D eigenvalue weighted by atomic mass is 32.2. The van der Waals surface area contributed by atoms with Crippen LogP contribution in [0.4, 0.5) is 4.39 Å². The predicted molar refractivity (Wildman–Crippen MR) is 86.5 cm³/mol. The van der Waals surface area contributed by atoms with E-state index in [1.165, 1.54) is 6.07 Å². The summed E-state index contributed by atoms with van der Waals surface area (Å²) in [4.78, 5) is 15.1. The summed E-state index contributed by atoms with van der Waals surface area (Å²) in [7, 11) is 0. The summed E-state index contributed by atoms with van der Waals surface area (Å²) in [6.45, 7) is 2.66. The van der Waals surface area contributed by atoms with Crippen molar-refractivity contribution in [3.63, 3.8) is 0 Å². The molecule has 1 aliphatic heterocycles. The van der Waals surface area contributed by atoms with Gasteiger partial charge >= 0.3 is 0 Å². The molecule has 1 saturated heterocycles. The van der Waals surface area contributed by atoms with Gasteiger partial charge in [0.25, 0.3) is 5.91 Å². The fraction of sp³-hybridized carbons (Fsp3) is 0.400. The lowest BCUT2D eigenvalue weighted by atomic mass is 10.1. The monoisotopic (exact) mass is 337 g/mol. The third-order valence-electron chi connectivity index (χ3n) is 3.56. The smallest absolute Gasteiger partial charge is 0.268 e. The van der Waals surface area contributed by atoms with Crippen LogP contribution in [0.25, 0.3) is 0 Å². The van der Waals surface area contributed by atoms with E-state index in [2.05, 4.69) is 9.59 Å². The molecule has 0 spiro atoms. The van der Waals surface area contributed by atoms with E-state index in [9.17, 15) is 9.18 Å². The van der Waals surface area contributed by atoms with Gasteiger partial charge in [-0.2, -0.15) is 0 Å². The number of aromatic nitrogens is 2. The Hall–Kier alpha value is -1.47. The van der Waals surface area contributed by atoms with Crippen molar-refractivity contribution in [2.45, 2.75) is 25.1 Å². The average Bonchev–Trinajstić information content (AvgIpc) is 3.16. The first kappa shape index (κ1) is 15.4. The first-order valence-corrected chi connectivity index (χ1v) is 9.02. The Morgan fingerprint density at radius 3 is 3.05 bits per heavy atom. The minimum atomic E-state index is -0.273. The van der Waals surface area contributed by atoms with Crippen molar-refractivity contribution in [2.75, 3.05) is 12.3 Å². The molecule has 116 valence electrons. The molecule has 1 atom stereocenters. The Morgan fingerprint density at radius 1 is 1.45 bits per heavy atom. The highest BCUT2D eigenvalue weighted by Crippen LogP contribution is 2.40. The molecule has 1 aliphatic rings. The molecular formula is C15H16FN3OS2. The molecule has 0 aliphatic carbocycles. The van der Waals surface area contributed by atoms with Gasteiger partial charge in [0.15, 0.2) is 0 Å². The number of thioether (sulfide) groups is 1. The van der Waals surface area contributed by atoms with E-state index in [1.54, 1.807) is 34.9 Å². The number of nitrogens with zero attached hydrogens (tertiary/aromatic N) is 3. The van der Waals surface area contributed by atoms with Gasteiger partial charge in [-0.3, -0.25) is 4.79 Å². The van der Waals surface area contributed by atoms with E-state index >= 15 is 0 Å². The first-order valence-electron chi connectivity index (χ1n) is 7.20. The molecule has 1 aromatic heterocycles. The molecule has 4 nitrogen and oxygen atoms in total. The highest BCUT2D eigenvalue weighted by molar-refractivity contribution is 7.99. The van der Waals surface area contributed by atoms with Gasteiger partial charge in [-0.1, -0.05) is 36.0 Å². The zero-order valence-corrected chi connectivity index (χ0v) is 13.8. The predicted octanol–water partition coefficient (Wildman–Crippen LogP) is 3.52. The van der Waals surface area contributed by atoms with Crippen LogP contribution in [0.15, 0.2) is 24.3 Å². The lowest BCUT2D eigenvalue weighted by Crippen LogP contribution is -2.30. The number of hydrogen-bond donors (Lipinski definition) is 0. The molecule has 22 heavy (non-hydrogen) atoms. The number of carbonyl (C=O) groups is 1. The minimum absolute atomic E-state index is 0.0864. The van der Waals surface area contributed by atoms with Gasteiger partial charge in [-0.25, -0.2) is 4.39 Å². The van der Waals surface area contributed by atoms with Crippen molar-refractivity contribution in [1.82, 2.24) is 14.5 Å². The van der Waals surface area contributed by atoms with Crippen molar-refractivity contribution in [3.8, 4) is 0 Å². The van der Waals surface area contributed by atoms with E-state index in [1.807, 2.05) is 6.92 Å². The van der Waals surface area contributed by atoms with Gasteiger partial charge in [-0.05, 0) is 24.0 Å². The maximum absolute atomic E-state index is 14.0. The van der Waals surface area contributed by atoms with Crippen molar-refractivity contribution in [2.24, 2.45) is 0 Å². The van der Waals surface area contributed by atoms with Crippen molar-refractivity contribution in [3.05, 3.63) is 46.2 Å². The molecule has 0 saturated carbocycles. The van der Waals surface area contributed by atoms with Crippen LogP contribution in [-0.2, 0) is 6.42 Å². The van der Waals surface area contributed by atoms with Gasteiger partial charge in [0, 0.05) is 17.9 Å². The molecule has 1 amide bonds. The number of rotatable bonds is 4. The summed E-state index contributed by atoms with van der Waals surface area (Å²) >= 11 is 2.72. The molecular weight excluding hydrogens is 321 g/mol. The summed E-state index contributed by atoms with van der Waals surface area (Å²) in [5, 5.41) is 3.78. The summed E-state index contributed by atoms with van der Waals surface area (Å²) < 4.78 is 18.0. The second-order valence-electron chi connectivity index (χ2n) is 5.04. The number of halogens is 1. The number of benzene rings is 1. The van der Waals surface area contributed by atoms with Crippen LogP contribution in [0, 0.1) is 5.82 Å². The third-order valence-corrected chi connectivity index (χ3v) is 5.56. The van der Waals surface area contributed by atoms with Gasteiger partial charge < -0.3 is 4.90 Å². The largest absolute Gasteiger partial charge is 0.321 e. The topological polar surface area (TPSA) is 46.1 Å². The van der Waals surface area contributed by atoms with Gasteiger partial charge in [-0.15, -0.1) is 16.9 Å². The molecule has 0 bridgehead atoms. The van der Waals surface area contributed by atoms with Crippen LogP contribution < -0.4 is 0 Å². The SMILES string of the molecule is CCCc1nnsc1C(=O)N1CCSC1c1ccccc1F. The fourth-order valence-corrected chi connectivity index (χ4v) is 4.45. The Labute approximate surface area is 136 Å². The second-order valence-corrected chi connectivity index (χ2v) is 6.98. The molecule has 3 rings (SSSR count). The molecule has 2 heterocycles. The van der Waals surface area contributed by atoms with Crippen LogP contribution in [-0.4, -0.2) is 32.7 Å². The number of amides is 1. The van der Waals surface area contributed by atoms with Gasteiger partial charge in [0.1, 0.15) is 16.1 Å². The number of aryl methyl sites for hydroxylation is 1. The minimum Gasteiger partial charge on any atom is -0.321 e. The Bertz CT molecular complexity index is 676. The Balaban J connectivity index is 1.88. The van der Waals surface area contributed by atoms with Crippen LogP contribution >= 0.6 is 23.3 Å². The first-order chi connectivity index (χ1) is 10.7. The summed E-state index contributed by atoms with van der Waals surface area (Å²) in [6.07, 6.45) is 1.65. The molecule has 0 N–H and O–H groups in total. The molecule has 1 aromatic carbocycles. The number of carbonyl (C=O) groups excluding carboxylic acids is 1. The van der Waals surface area contributed by atoms with E-state index in [-0.39, 0.29) is 17.1 Å². The third kappa shape index (κ3) is 2.87. The zero-order chi connectivity index (χ0) is 15.5. The van der Waals surface area contributed by atoms with Crippen LogP contribution in [0.5, 0.6) is 0 Å². The van der Waals surface area contributed by atoms with Crippen molar-refractivity contribution >= 4 is 29.2 Å². The molecule has 0 radical (unpaired) electrons. The highest BCUT2D eigenvalue weighted by Gasteiger charge is 2.34. The average molecular weight is 337 g/mol. The molecule has 7 heteroatoms. The van der Waals surface area contributed by atoms with Crippen LogP contribution in [0.1, 0.15) is 39.6 Å². The van der Waals surface area contributed by atoms with E-state index < -0.39 is 0 Å². The summed E-state index contributed by atoms with van der Waals surface area (Å²) in [5.41, 5.74) is 1.31. The van der Waals surface area contributed by atoms with E-state index in [0.717, 1.165) is 35.8 Å². The maximum atomic E-state index is 14.0. The Morgan fingerprint density at radius 2 is 2.27 bits per heavy atom. The standard InChI is InChI=1S/C15H16FN3OS2/c1-2-5-12-13(22-18-17-12)14(20)19-8-9-21-15(19)10-6-3-4-7-11(10)16/h3-4,6-7,15H,2,5,8-9H2,1H3. The van der Waals surface area contributed by atoms with Crippen molar-refractivity contribution in [1.29, 1.82) is 0 Å². The fourth-order valence-electron chi connectivity index (χ4n) is 2.51. The van der Waals surface area contributed by atoms with Crippen molar-refractivity contribution < 1.29 is 9.18 Å². The van der Waals surface area contributed by atoms with Gasteiger partial charge in [0.2, 0.25) is 0 Å². The number of hydrogen-bond acceptors (Lipinski definition) is 5. The van der Waals surface area contributed by atoms with Gasteiger partial charge in [0.05, 0.1) is 5.69 Å². The maximum Gasteiger partial charge on any atom is 0.268 e. The second kappa shape index (κ2) is 6.75. The lowest BCUT2D eigenvalue weighted by Gasteiger charge is -2.24. The molecule has 1 fully saturated rings. The normalized spacial score (nSPS) is 17.9. The van der Waals surface area contributed by atoms with E-state index in [0.29, 0.717) is 17.0 Å². The molecule has 1 unspecified atom stereocenters. The lowest BCUT2D eigenvalue weighted by molar-refractivity contribution is 0.0762. The Kier molecular flexibility index (Phi) is 4.73. The molecule has 2 aromatic rings. The summed E-state index contributed by atoms with van der Waals surface area (Å²) in [5.74, 6) is 0.452. The summed E-state index contributed by atoms with van der Waals surface area (Å²) in [6, 6.07) is 6.65. The van der Waals surface area contributed by atoms with Crippen LogP contribution in [0.3, 0.4) is 0 Å². The van der Waals surface area contributed by atoms with E-state index in [4.69, 9.17) is 0 Å². The zero-order valence-electron chi connectivity index (χ0n) is 12.2.